The summed E-state index contributed by atoms with van der Waals surface area (Å²) in [5.74, 6) is 0.422. The van der Waals surface area contributed by atoms with Crippen molar-refractivity contribution in [1.82, 2.24) is 0 Å². The number of nitrogens with zero attached hydrogens (tertiary/aromatic N) is 1. The Morgan fingerprint density at radius 1 is 1.48 bits per heavy atom. The summed E-state index contributed by atoms with van der Waals surface area (Å²) in [6.07, 6.45) is 1.35. The Morgan fingerprint density at radius 2 is 2.24 bits per heavy atom. The third-order valence-electron chi connectivity index (χ3n) is 3.45. The number of hydrogen-bond acceptors (Lipinski definition) is 6. The van der Waals surface area contributed by atoms with E-state index in [2.05, 4.69) is 5.32 Å². The molecule has 1 atom stereocenters. The van der Waals surface area contributed by atoms with Crippen LogP contribution in [-0.4, -0.2) is 37.5 Å². The molecule has 21 heavy (non-hydrogen) atoms. The van der Waals surface area contributed by atoms with Gasteiger partial charge in [-0.3, -0.25) is 10.1 Å². The Bertz CT molecular complexity index is 629. The third kappa shape index (κ3) is 3.63. The molecule has 0 bridgehead atoms. The minimum absolute atomic E-state index is 0.101. The highest BCUT2D eigenvalue weighted by atomic mass is 32.2. The van der Waals surface area contributed by atoms with Crippen molar-refractivity contribution >= 4 is 21.2 Å². The maximum Gasteiger partial charge on any atom is 0.311 e. The molecule has 0 spiro atoms. The molecule has 0 aliphatic carbocycles. The van der Waals surface area contributed by atoms with Gasteiger partial charge in [-0.05, 0) is 25.8 Å². The van der Waals surface area contributed by atoms with Crippen LogP contribution in [0.1, 0.15) is 19.8 Å². The van der Waals surface area contributed by atoms with Gasteiger partial charge in [0.25, 0.3) is 0 Å². The van der Waals surface area contributed by atoms with Crippen LogP contribution in [0.2, 0.25) is 0 Å². The summed E-state index contributed by atoms with van der Waals surface area (Å²) in [6.45, 7) is 2.38. The minimum atomic E-state index is -3.00. The molecule has 8 heteroatoms. The fraction of sp³-hybridized carbons (Fsp3) is 0.538. The molecule has 1 aliphatic heterocycles. The topological polar surface area (TPSA) is 98.5 Å². The highest BCUT2D eigenvalue weighted by Crippen LogP contribution is 2.30. The van der Waals surface area contributed by atoms with E-state index >= 15 is 0 Å². The molecule has 1 heterocycles. The molecule has 0 amide bonds. The van der Waals surface area contributed by atoms with Gasteiger partial charge in [0.05, 0.1) is 22.5 Å². The van der Waals surface area contributed by atoms with Crippen LogP contribution in [0.25, 0.3) is 0 Å². The Balaban J connectivity index is 2.10. The number of anilines is 1. The zero-order valence-electron chi connectivity index (χ0n) is 11.7. The van der Waals surface area contributed by atoms with Crippen LogP contribution >= 0.6 is 0 Å². The number of hydrogen-bond donors (Lipinski definition) is 1. The summed E-state index contributed by atoms with van der Waals surface area (Å²) in [6, 6.07) is 4.45. The molecule has 1 aromatic carbocycles. The fourth-order valence-electron chi connectivity index (χ4n) is 2.37. The minimum Gasteiger partial charge on any atom is -0.487 e. The number of sulfone groups is 1. The number of nitro groups is 1. The highest BCUT2D eigenvalue weighted by Gasteiger charge is 2.30. The maximum absolute atomic E-state index is 11.7. The van der Waals surface area contributed by atoms with E-state index in [1.54, 1.807) is 13.0 Å². The van der Waals surface area contributed by atoms with Gasteiger partial charge in [-0.1, -0.05) is 0 Å². The summed E-state index contributed by atoms with van der Waals surface area (Å²) in [5, 5.41) is 13.5. The molecular formula is C13H18N2O5S. The van der Waals surface area contributed by atoms with Crippen molar-refractivity contribution in [2.45, 2.75) is 25.0 Å². The van der Waals surface area contributed by atoms with E-state index in [9.17, 15) is 18.5 Å². The Morgan fingerprint density at radius 3 is 2.81 bits per heavy atom. The average molecular weight is 314 g/mol. The molecule has 1 aliphatic rings. The molecule has 1 saturated heterocycles. The van der Waals surface area contributed by atoms with Crippen LogP contribution in [0.15, 0.2) is 18.2 Å². The van der Waals surface area contributed by atoms with Crippen LogP contribution < -0.4 is 10.1 Å². The van der Waals surface area contributed by atoms with Gasteiger partial charge in [0.15, 0.2) is 15.6 Å². The summed E-state index contributed by atoms with van der Waals surface area (Å²) in [5.41, 5.74) is 0.516. The van der Waals surface area contributed by atoms with Crippen molar-refractivity contribution in [3.63, 3.8) is 0 Å². The first-order chi connectivity index (χ1) is 9.94. The average Bonchev–Trinajstić information content (AvgIpc) is 2.75. The molecule has 7 nitrogen and oxygen atoms in total. The smallest absolute Gasteiger partial charge is 0.311 e. The lowest BCUT2D eigenvalue weighted by Crippen LogP contribution is -2.25. The Labute approximate surface area is 123 Å². The summed E-state index contributed by atoms with van der Waals surface area (Å²) in [4.78, 5) is 10.4. The first kappa shape index (κ1) is 15.6. The van der Waals surface area contributed by atoms with Gasteiger partial charge < -0.3 is 10.1 Å². The van der Waals surface area contributed by atoms with Crippen LogP contribution in [0, 0.1) is 10.1 Å². The van der Waals surface area contributed by atoms with Crippen molar-refractivity contribution in [2.24, 2.45) is 0 Å². The van der Waals surface area contributed by atoms with Gasteiger partial charge in [0.2, 0.25) is 0 Å². The Kier molecular flexibility index (Phi) is 4.66. The van der Waals surface area contributed by atoms with E-state index < -0.39 is 14.8 Å². The lowest BCUT2D eigenvalue weighted by molar-refractivity contribution is -0.385. The predicted molar refractivity (Wildman–Crippen MR) is 79.6 cm³/mol. The molecule has 1 fully saturated rings. The van der Waals surface area contributed by atoms with E-state index in [4.69, 9.17) is 4.74 Å². The monoisotopic (exact) mass is 314 g/mol. The molecule has 0 radical (unpaired) electrons. The predicted octanol–water partition coefficient (Wildman–Crippen LogP) is 1.98. The van der Waals surface area contributed by atoms with E-state index in [0.717, 1.165) is 0 Å². The quantitative estimate of drug-likeness (QED) is 0.637. The largest absolute Gasteiger partial charge is 0.487 e. The van der Waals surface area contributed by atoms with Gasteiger partial charge >= 0.3 is 5.69 Å². The second kappa shape index (κ2) is 6.30. The number of nitro benzene ring substituents is 1. The highest BCUT2D eigenvalue weighted by molar-refractivity contribution is 7.92. The van der Waals surface area contributed by atoms with Crippen LogP contribution in [-0.2, 0) is 9.84 Å². The van der Waals surface area contributed by atoms with Crippen molar-refractivity contribution in [1.29, 1.82) is 0 Å². The second-order valence-electron chi connectivity index (χ2n) is 4.88. The molecule has 116 valence electrons. The number of ether oxygens (including phenoxy) is 1. The zero-order valence-corrected chi connectivity index (χ0v) is 12.6. The van der Waals surface area contributed by atoms with Gasteiger partial charge in [-0.15, -0.1) is 0 Å². The second-order valence-corrected chi connectivity index (χ2v) is 7.29. The molecule has 1 N–H and O–H groups in total. The van der Waals surface area contributed by atoms with Crippen molar-refractivity contribution in [3.8, 4) is 5.75 Å². The summed E-state index contributed by atoms with van der Waals surface area (Å²) < 4.78 is 28.7. The maximum atomic E-state index is 11.7. The molecular weight excluding hydrogens is 296 g/mol. The number of rotatable bonds is 6. The Hall–Kier alpha value is -1.83. The molecule has 1 aromatic rings. The van der Waals surface area contributed by atoms with E-state index in [-0.39, 0.29) is 22.4 Å². The van der Waals surface area contributed by atoms with E-state index in [0.29, 0.717) is 31.7 Å². The van der Waals surface area contributed by atoms with Gasteiger partial charge in [0.1, 0.15) is 0 Å². The SMILES string of the molecule is CCOc1cc(NCC2CCCS2(=O)=O)ccc1[N+](=O)[O-]. The van der Waals surface area contributed by atoms with Crippen molar-refractivity contribution in [3.05, 3.63) is 28.3 Å². The lowest BCUT2D eigenvalue weighted by atomic mass is 10.2. The molecule has 1 unspecified atom stereocenters. The molecule has 0 aromatic heterocycles. The number of benzene rings is 1. The van der Waals surface area contributed by atoms with Gasteiger partial charge in [-0.2, -0.15) is 0 Å². The lowest BCUT2D eigenvalue weighted by Gasteiger charge is -2.13. The van der Waals surface area contributed by atoms with Crippen molar-refractivity contribution < 1.29 is 18.1 Å². The van der Waals surface area contributed by atoms with Crippen LogP contribution in [0.5, 0.6) is 5.75 Å². The standard InChI is InChI=1S/C13H18N2O5S/c1-2-20-13-8-10(5-6-12(13)15(16)17)14-9-11-4-3-7-21(11,18)19/h5-6,8,11,14H,2-4,7,9H2,1H3. The first-order valence-electron chi connectivity index (χ1n) is 6.80. The molecule has 2 rings (SSSR count). The fourth-order valence-corrected chi connectivity index (χ4v) is 4.13. The van der Waals surface area contributed by atoms with E-state index in [1.807, 2.05) is 0 Å². The third-order valence-corrected chi connectivity index (χ3v) is 5.73. The van der Waals surface area contributed by atoms with Crippen LogP contribution in [0.4, 0.5) is 11.4 Å². The molecule has 0 saturated carbocycles. The first-order valence-corrected chi connectivity index (χ1v) is 8.52. The van der Waals surface area contributed by atoms with E-state index in [1.165, 1.54) is 12.1 Å². The zero-order chi connectivity index (χ0) is 15.5. The normalized spacial score (nSPS) is 20.1. The van der Waals surface area contributed by atoms with Gasteiger partial charge in [-0.25, -0.2) is 8.42 Å². The van der Waals surface area contributed by atoms with Gasteiger partial charge in [0, 0.05) is 24.4 Å². The summed E-state index contributed by atoms with van der Waals surface area (Å²) >= 11 is 0. The number of nitrogens with one attached hydrogen (secondary N) is 1. The van der Waals surface area contributed by atoms with Crippen molar-refractivity contribution in [2.75, 3.05) is 24.2 Å². The summed E-state index contributed by atoms with van der Waals surface area (Å²) in [7, 11) is -3.00. The van der Waals surface area contributed by atoms with Crippen LogP contribution in [0.3, 0.4) is 0 Å².